The van der Waals surface area contributed by atoms with Gasteiger partial charge in [-0.2, -0.15) is 0 Å². The molecule has 4 aromatic rings. The van der Waals surface area contributed by atoms with E-state index < -0.39 is 17.6 Å². The Morgan fingerprint density at radius 3 is 1.33 bits per heavy atom. The van der Waals surface area contributed by atoms with Crippen LogP contribution in [0, 0.1) is 27.7 Å². The highest BCUT2D eigenvalue weighted by molar-refractivity contribution is 5.87. The Bertz CT molecular complexity index is 1400. The molecule has 4 heteroatoms. The lowest BCUT2D eigenvalue weighted by molar-refractivity contribution is 0.122. The summed E-state index contributed by atoms with van der Waals surface area (Å²) in [6, 6.07) is 26.0. The average molecular weight is 523 g/mol. The second kappa shape index (κ2) is 10.5. The fraction of sp³-hybridized carbons (Fsp3) is 0.314. The molecule has 5 rings (SSSR count). The van der Waals surface area contributed by atoms with Crippen LogP contribution in [0.1, 0.15) is 58.4 Å². The minimum absolute atomic E-state index is 0.228. The van der Waals surface area contributed by atoms with Crippen molar-refractivity contribution in [1.82, 2.24) is 0 Å². The fourth-order valence-corrected chi connectivity index (χ4v) is 6.28. The highest BCUT2D eigenvalue weighted by Crippen LogP contribution is 2.58. The normalized spacial score (nSPS) is 14.9. The number of aryl methyl sites for hydroxylation is 2. The molecule has 4 nitrogen and oxygen atoms in total. The standard InChI is InChI=1S/C35H38O4/c1-21-15-17-29(25(5)33(21)38-19-23(3)36)35(30-18-16-22(2)34(26(30)6)39-20-24(4)37)31-13-9-7-11-27(31)28-12-8-10-14-32(28)35/h7-18,23-24,36-37H,19-20H2,1-6H3. The summed E-state index contributed by atoms with van der Waals surface area (Å²) in [5, 5.41) is 20.0. The van der Waals surface area contributed by atoms with Crippen LogP contribution < -0.4 is 9.47 Å². The van der Waals surface area contributed by atoms with Crippen LogP contribution in [-0.4, -0.2) is 35.6 Å². The monoisotopic (exact) mass is 522 g/mol. The smallest absolute Gasteiger partial charge is 0.125 e. The second-order valence-corrected chi connectivity index (χ2v) is 10.9. The highest BCUT2D eigenvalue weighted by atomic mass is 16.5. The van der Waals surface area contributed by atoms with E-state index in [0.29, 0.717) is 0 Å². The first-order chi connectivity index (χ1) is 18.7. The first-order valence-electron chi connectivity index (χ1n) is 13.7. The molecule has 4 aromatic carbocycles. The van der Waals surface area contributed by atoms with Crippen LogP contribution >= 0.6 is 0 Å². The van der Waals surface area contributed by atoms with E-state index in [1.54, 1.807) is 13.8 Å². The van der Waals surface area contributed by atoms with Gasteiger partial charge in [-0.3, -0.25) is 0 Å². The summed E-state index contributed by atoms with van der Waals surface area (Å²) in [5.74, 6) is 1.62. The third-order valence-corrected chi connectivity index (χ3v) is 7.90. The molecular weight excluding hydrogens is 484 g/mol. The van der Waals surface area contributed by atoms with Crippen LogP contribution in [0.4, 0.5) is 0 Å². The highest BCUT2D eigenvalue weighted by Gasteiger charge is 2.48. The van der Waals surface area contributed by atoms with E-state index in [4.69, 9.17) is 9.47 Å². The third-order valence-electron chi connectivity index (χ3n) is 7.90. The molecule has 0 saturated carbocycles. The van der Waals surface area contributed by atoms with Crippen molar-refractivity contribution in [1.29, 1.82) is 0 Å². The van der Waals surface area contributed by atoms with Gasteiger partial charge in [-0.05, 0) is 97.2 Å². The summed E-state index contributed by atoms with van der Waals surface area (Å²) in [4.78, 5) is 0. The summed E-state index contributed by atoms with van der Waals surface area (Å²) >= 11 is 0. The van der Waals surface area contributed by atoms with Crippen molar-refractivity contribution < 1.29 is 19.7 Å². The van der Waals surface area contributed by atoms with E-state index in [9.17, 15) is 10.2 Å². The van der Waals surface area contributed by atoms with Gasteiger partial charge in [-0.25, -0.2) is 0 Å². The largest absolute Gasteiger partial charge is 0.490 e. The molecule has 0 heterocycles. The Kier molecular flexibility index (Phi) is 7.28. The lowest BCUT2D eigenvalue weighted by Gasteiger charge is -2.37. The summed E-state index contributed by atoms with van der Waals surface area (Å²) in [6.07, 6.45) is -1.13. The number of ether oxygens (including phenoxy) is 2. The molecule has 0 radical (unpaired) electrons. The zero-order chi connectivity index (χ0) is 27.9. The Balaban J connectivity index is 1.89. The topological polar surface area (TPSA) is 58.9 Å². The maximum atomic E-state index is 9.99. The first kappa shape index (κ1) is 27.0. The van der Waals surface area contributed by atoms with E-state index in [0.717, 1.165) is 44.9 Å². The van der Waals surface area contributed by atoms with Gasteiger partial charge in [0.05, 0.1) is 17.6 Å². The van der Waals surface area contributed by atoms with Gasteiger partial charge in [0.25, 0.3) is 0 Å². The van der Waals surface area contributed by atoms with Gasteiger partial charge in [0.2, 0.25) is 0 Å². The Labute approximate surface area is 231 Å². The predicted molar refractivity (Wildman–Crippen MR) is 157 cm³/mol. The fourth-order valence-electron chi connectivity index (χ4n) is 6.28. The molecule has 0 fully saturated rings. The minimum Gasteiger partial charge on any atom is -0.490 e. The summed E-state index contributed by atoms with van der Waals surface area (Å²) in [7, 11) is 0. The van der Waals surface area contributed by atoms with Crippen LogP contribution in [0.15, 0.2) is 72.8 Å². The van der Waals surface area contributed by atoms with Crippen LogP contribution in [0.3, 0.4) is 0 Å². The van der Waals surface area contributed by atoms with Gasteiger partial charge < -0.3 is 19.7 Å². The molecule has 2 unspecified atom stereocenters. The van der Waals surface area contributed by atoms with Crippen molar-refractivity contribution in [3.05, 3.63) is 117 Å². The van der Waals surface area contributed by atoms with Crippen molar-refractivity contribution in [2.24, 2.45) is 0 Å². The zero-order valence-electron chi connectivity index (χ0n) is 23.7. The molecule has 0 spiro atoms. The van der Waals surface area contributed by atoms with Gasteiger partial charge in [0.15, 0.2) is 0 Å². The summed E-state index contributed by atoms with van der Waals surface area (Å²) in [6.45, 7) is 12.3. The number of benzene rings is 4. The number of hydrogen-bond donors (Lipinski definition) is 2. The minimum atomic E-state index is -0.616. The Morgan fingerprint density at radius 2 is 0.949 bits per heavy atom. The average Bonchev–Trinajstić information content (AvgIpc) is 3.19. The summed E-state index contributed by atoms with van der Waals surface area (Å²) in [5.41, 5.74) is 10.7. The molecule has 1 aliphatic rings. The van der Waals surface area contributed by atoms with E-state index in [2.05, 4.69) is 100 Å². The van der Waals surface area contributed by atoms with Gasteiger partial charge in [-0.1, -0.05) is 72.8 Å². The zero-order valence-corrected chi connectivity index (χ0v) is 23.7. The predicted octanol–water partition coefficient (Wildman–Crippen LogP) is 6.80. The van der Waals surface area contributed by atoms with Crippen molar-refractivity contribution in [3.8, 4) is 22.6 Å². The van der Waals surface area contributed by atoms with Crippen molar-refractivity contribution in [2.75, 3.05) is 13.2 Å². The molecule has 202 valence electrons. The second-order valence-electron chi connectivity index (χ2n) is 10.9. The van der Waals surface area contributed by atoms with Crippen LogP contribution in [0.2, 0.25) is 0 Å². The molecule has 0 aromatic heterocycles. The maximum absolute atomic E-state index is 9.99. The molecule has 0 aliphatic heterocycles. The molecule has 1 aliphatic carbocycles. The molecule has 0 saturated heterocycles. The first-order valence-corrected chi connectivity index (χ1v) is 13.7. The molecule has 2 atom stereocenters. The number of aliphatic hydroxyl groups is 2. The van der Waals surface area contributed by atoms with Crippen molar-refractivity contribution in [3.63, 3.8) is 0 Å². The van der Waals surface area contributed by atoms with Gasteiger partial charge in [-0.15, -0.1) is 0 Å². The van der Waals surface area contributed by atoms with E-state index in [1.807, 2.05) is 0 Å². The van der Waals surface area contributed by atoms with Crippen molar-refractivity contribution in [2.45, 2.75) is 59.2 Å². The SMILES string of the molecule is Cc1ccc(C2(c3ccc(C)c(OCC(C)O)c3C)c3ccccc3-c3ccccc32)c(C)c1OCC(C)O. The number of aliphatic hydroxyl groups excluding tert-OH is 2. The van der Waals surface area contributed by atoms with Gasteiger partial charge >= 0.3 is 0 Å². The maximum Gasteiger partial charge on any atom is 0.125 e. The molecule has 39 heavy (non-hydrogen) atoms. The van der Waals surface area contributed by atoms with Crippen LogP contribution in [0.25, 0.3) is 11.1 Å². The molecule has 2 N–H and O–H groups in total. The van der Waals surface area contributed by atoms with E-state index in [1.165, 1.54) is 22.3 Å². The molecule has 0 bridgehead atoms. The Hall–Kier alpha value is -3.60. The molecule has 0 amide bonds. The number of fused-ring (bicyclic) bond motifs is 3. The van der Waals surface area contributed by atoms with Crippen LogP contribution in [0.5, 0.6) is 11.5 Å². The third kappa shape index (κ3) is 4.42. The van der Waals surface area contributed by atoms with Crippen molar-refractivity contribution >= 4 is 0 Å². The van der Waals surface area contributed by atoms with Gasteiger partial charge in [0, 0.05) is 0 Å². The van der Waals surface area contributed by atoms with Gasteiger partial charge in [0.1, 0.15) is 24.7 Å². The van der Waals surface area contributed by atoms with E-state index >= 15 is 0 Å². The van der Waals surface area contributed by atoms with E-state index in [-0.39, 0.29) is 13.2 Å². The summed E-state index contributed by atoms with van der Waals surface area (Å²) < 4.78 is 12.4. The Morgan fingerprint density at radius 1 is 0.564 bits per heavy atom. The lowest BCUT2D eigenvalue weighted by atomic mass is 9.65. The molecular formula is C35H38O4. The lowest BCUT2D eigenvalue weighted by Crippen LogP contribution is -2.31. The quantitative estimate of drug-likeness (QED) is 0.235. The van der Waals surface area contributed by atoms with Crippen LogP contribution in [-0.2, 0) is 5.41 Å². The number of rotatable bonds is 8. The number of hydrogen-bond acceptors (Lipinski definition) is 4.